The third kappa shape index (κ3) is 5.41. The molecule has 5 aromatic carbocycles. The first-order valence-electron chi connectivity index (χ1n) is 17.4. The molecule has 0 saturated carbocycles. The number of pyridine rings is 2. The Morgan fingerprint density at radius 3 is 2.08 bits per heavy atom. The molecule has 4 nitrogen and oxygen atoms in total. The van der Waals surface area contributed by atoms with Crippen molar-refractivity contribution in [1.82, 2.24) is 14.4 Å². The van der Waals surface area contributed by atoms with Gasteiger partial charge in [0, 0.05) is 55.3 Å². The molecule has 1 aliphatic carbocycles. The van der Waals surface area contributed by atoms with E-state index in [1.807, 2.05) is 24.3 Å². The maximum absolute atomic E-state index is 10.9. The molecule has 8 aromatic rings. The van der Waals surface area contributed by atoms with Gasteiger partial charge in [-0.15, -0.1) is 24.3 Å². The van der Waals surface area contributed by atoms with Gasteiger partial charge in [-0.3, -0.25) is 9.97 Å². The molecule has 0 saturated heterocycles. The van der Waals surface area contributed by atoms with E-state index in [0.29, 0.717) is 11.3 Å². The Morgan fingerprint density at radius 1 is 0.596 bits per heavy atom. The molecular weight excluding hydrogens is 818 g/mol. The second-order valence-corrected chi connectivity index (χ2v) is 14.1. The normalized spacial score (nSPS) is 12.7. The summed E-state index contributed by atoms with van der Waals surface area (Å²) < 4.78 is 2.18. The summed E-state index contributed by atoms with van der Waals surface area (Å²) in [5.74, 6) is 0.197. The van der Waals surface area contributed by atoms with Gasteiger partial charge in [0.15, 0.2) is 0 Å². The molecule has 0 fully saturated rings. The number of aryl methyl sites for hydroxylation is 2. The summed E-state index contributed by atoms with van der Waals surface area (Å²) in [5.41, 5.74) is 17.5. The SMILES string of the molecule is Cc1cccc(C)c1-c1cc(-c2[c-]c(-c3nc4ccccn4c3-c3ccc4c(c3)C(C)(C)c3ccccc3-4)ccc2)nc(-c2ccccc2O)c1.[Pt]. The molecule has 0 radical (unpaired) electrons. The zero-order valence-corrected chi connectivity index (χ0v) is 31.7. The summed E-state index contributed by atoms with van der Waals surface area (Å²) in [4.78, 5) is 10.3. The molecule has 0 aliphatic heterocycles. The molecule has 1 aliphatic rings. The summed E-state index contributed by atoms with van der Waals surface area (Å²) in [6, 6.07) is 49.6. The predicted octanol–water partition coefficient (Wildman–Crippen LogP) is 11.5. The second-order valence-electron chi connectivity index (χ2n) is 14.1. The minimum Gasteiger partial charge on any atom is -0.507 e. The van der Waals surface area contributed by atoms with Crippen LogP contribution in [0, 0.1) is 19.9 Å². The van der Waals surface area contributed by atoms with E-state index in [1.165, 1.54) is 38.9 Å². The molecular formula is C47H36N3OPt-. The number of para-hydroxylation sites is 1. The summed E-state index contributed by atoms with van der Waals surface area (Å²) in [7, 11) is 0. The van der Waals surface area contributed by atoms with Crippen LogP contribution < -0.4 is 0 Å². The second kappa shape index (κ2) is 12.9. The molecule has 3 heterocycles. The molecule has 0 bridgehead atoms. The fourth-order valence-corrected chi connectivity index (χ4v) is 7.98. The van der Waals surface area contributed by atoms with E-state index in [4.69, 9.17) is 9.97 Å². The average molecular weight is 854 g/mol. The van der Waals surface area contributed by atoms with Gasteiger partial charge < -0.3 is 9.51 Å². The predicted molar refractivity (Wildman–Crippen MR) is 208 cm³/mol. The first kappa shape index (κ1) is 33.6. The van der Waals surface area contributed by atoms with Crippen molar-refractivity contribution in [2.75, 3.05) is 0 Å². The van der Waals surface area contributed by atoms with Crippen molar-refractivity contribution in [2.45, 2.75) is 33.1 Å². The van der Waals surface area contributed by atoms with E-state index in [2.05, 4.69) is 147 Å². The number of aromatic nitrogens is 3. The van der Waals surface area contributed by atoms with Crippen LogP contribution in [0.1, 0.15) is 36.1 Å². The summed E-state index contributed by atoms with van der Waals surface area (Å²) in [5, 5.41) is 10.9. The van der Waals surface area contributed by atoms with Gasteiger partial charge in [0.25, 0.3) is 0 Å². The van der Waals surface area contributed by atoms with Crippen molar-refractivity contribution in [2.24, 2.45) is 0 Å². The van der Waals surface area contributed by atoms with Crippen LogP contribution in [0.3, 0.4) is 0 Å². The van der Waals surface area contributed by atoms with Crippen molar-refractivity contribution in [3.05, 3.63) is 168 Å². The Bertz CT molecular complexity index is 2650. The van der Waals surface area contributed by atoms with E-state index in [1.54, 1.807) is 6.07 Å². The number of nitrogens with zero attached hydrogens (tertiary/aromatic N) is 3. The number of phenols is 1. The fourth-order valence-electron chi connectivity index (χ4n) is 7.98. The molecule has 3 aromatic heterocycles. The quantitative estimate of drug-likeness (QED) is 0.176. The van der Waals surface area contributed by atoms with Crippen LogP contribution >= 0.6 is 0 Å². The van der Waals surface area contributed by atoms with Gasteiger partial charge in [0.2, 0.25) is 0 Å². The summed E-state index contributed by atoms with van der Waals surface area (Å²) in [6.07, 6.45) is 2.09. The van der Waals surface area contributed by atoms with Crippen molar-refractivity contribution in [3.8, 4) is 73.0 Å². The first-order valence-corrected chi connectivity index (χ1v) is 17.4. The standard InChI is InChI=1S/C47H36N3O.Pt/c1-29-13-11-14-30(2)44(29)34-27-40(48-41(28-34)37-18-6-8-20-42(37)51)31-15-12-16-32(25-31)45-46(50-24-10-9-21-43(50)49-45)33-22-23-36-35-17-5-7-19-38(35)47(3,4)39(36)26-33;/h5-24,26-28,51H,1-4H3;/q-1;. The van der Waals surface area contributed by atoms with Crippen molar-refractivity contribution < 1.29 is 26.2 Å². The number of imidazole rings is 1. The van der Waals surface area contributed by atoms with E-state index < -0.39 is 0 Å². The zero-order valence-electron chi connectivity index (χ0n) is 29.4. The van der Waals surface area contributed by atoms with Gasteiger partial charge in [0.05, 0.1) is 5.69 Å². The molecule has 0 spiro atoms. The van der Waals surface area contributed by atoms with Crippen molar-refractivity contribution in [3.63, 3.8) is 0 Å². The Morgan fingerprint density at radius 2 is 1.27 bits per heavy atom. The molecule has 0 atom stereocenters. The number of rotatable bonds is 5. The Kier molecular flexibility index (Phi) is 8.32. The Labute approximate surface area is 318 Å². The van der Waals surface area contributed by atoms with E-state index >= 15 is 0 Å². The summed E-state index contributed by atoms with van der Waals surface area (Å²) in [6.45, 7) is 8.91. The van der Waals surface area contributed by atoms with Crippen molar-refractivity contribution in [1.29, 1.82) is 0 Å². The molecule has 9 rings (SSSR count). The topological polar surface area (TPSA) is 50.4 Å². The maximum atomic E-state index is 10.9. The average Bonchev–Trinajstić information content (AvgIpc) is 3.64. The van der Waals surface area contributed by atoms with Crippen LogP contribution in [-0.2, 0) is 26.5 Å². The molecule has 0 unspecified atom stereocenters. The van der Waals surface area contributed by atoms with Gasteiger partial charge in [-0.25, -0.2) is 0 Å². The molecule has 5 heteroatoms. The van der Waals surface area contributed by atoms with Crippen LogP contribution in [0.4, 0.5) is 0 Å². The number of fused-ring (bicyclic) bond motifs is 4. The van der Waals surface area contributed by atoms with Crippen molar-refractivity contribution >= 4 is 5.65 Å². The van der Waals surface area contributed by atoms with Gasteiger partial charge in [0.1, 0.15) is 11.4 Å². The van der Waals surface area contributed by atoms with Gasteiger partial charge >= 0.3 is 0 Å². The maximum Gasteiger partial charge on any atom is 0.129 e. The van der Waals surface area contributed by atoms with Crippen LogP contribution in [0.5, 0.6) is 5.75 Å². The third-order valence-electron chi connectivity index (χ3n) is 10.5. The Balaban J connectivity index is 0.00000387. The van der Waals surface area contributed by atoms with E-state index in [9.17, 15) is 5.11 Å². The molecule has 52 heavy (non-hydrogen) atoms. The monoisotopic (exact) mass is 853 g/mol. The van der Waals surface area contributed by atoms with Gasteiger partial charge in [-0.1, -0.05) is 104 Å². The largest absolute Gasteiger partial charge is 0.507 e. The van der Waals surface area contributed by atoms with E-state index in [0.717, 1.165) is 45.0 Å². The number of aromatic hydroxyl groups is 1. The minimum atomic E-state index is -0.119. The van der Waals surface area contributed by atoms with Gasteiger partial charge in [-0.05, 0) is 100 Å². The number of hydrogen-bond donors (Lipinski definition) is 1. The smallest absolute Gasteiger partial charge is 0.129 e. The van der Waals surface area contributed by atoms with E-state index in [-0.39, 0.29) is 32.2 Å². The Hall–Kier alpha value is -5.57. The summed E-state index contributed by atoms with van der Waals surface area (Å²) >= 11 is 0. The molecule has 0 amide bonds. The molecule has 1 N–H and O–H groups in total. The van der Waals surface area contributed by atoms with Gasteiger partial charge in [-0.2, -0.15) is 0 Å². The first-order chi connectivity index (χ1) is 24.8. The third-order valence-corrected chi connectivity index (χ3v) is 10.5. The molecule has 256 valence electrons. The minimum absolute atomic E-state index is 0. The van der Waals surface area contributed by atoms with Crippen LogP contribution in [0.25, 0.3) is 72.9 Å². The van der Waals surface area contributed by atoms with Crippen LogP contribution in [-0.4, -0.2) is 19.5 Å². The zero-order chi connectivity index (χ0) is 34.9. The van der Waals surface area contributed by atoms with Crippen LogP contribution in [0.15, 0.2) is 140 Å². The number of benzene rings is 5. The number of phenolic OH excluding ortho intramolecular Hbond substituents is 1. The number of hydrogen-bond acceptors (Lipinski definition) is 3. The van der Waals surface area contributed by atoms with Crippen LogP contribution in [0.2, 0.25) is 0 Å². The fraction of sp³-hybridized carbons (Fsp3) is 0.106.